The second kappa shape index (κ2) is 6.31. The number of carbonyl (C=O) groups is 1. The zero-order chi connectivity index (χ0) is 15.4. The van der Waals surface area contributed by atoms with Gasteiger partial charge < -0.3 is 14.8 Å². The van der Waals surface area contributed by atoms with E-state index >= 15 is 0 Å². The molecular weight excluding hydrogens is 266 g/mol. The van der Waals surface area contributed by atoms with Crippen LogP contribution in [0.25, 0.3) is 0 Å². The van der Waals surface area contributed by atoms with E-state index in [0.29, 0.717) is 22.7 Å². The molecule has 1 amide bonds. The zero-order valence-corrected chi connectivity index (χ0v) is 12.7. The van der Waals surface area contributed by atoms with Gasteiger partial charge in [-0.2, -0.15) is 0 Å². The number of rotatable bonds is 4. The van der Waals surface area contributed by atoms with Crippen LogP contribution in [0.5, 0.6) is 11.5 Å². The first-order valence-corrected chi connectivity index (χ1v) is 6.65. The molecular formula is C17H19NO3. The molecule has 0 aliphatic heterocycles. The number of carbonyl (C=O) groups excluding carboxylic acids is 1. The standard InChI is InChI=1S/C17H19NO3/c1-11-5-7-14(12(2)9-11)17(19)18-13-6-8-15(20-3)16(10-13)21-4/h5-10H,1-4H3,(H,18,19). The van der Waals surface area contributed by atoms with Crippen molar-refractivity contribution >= 4 is 11.6 Å². The maximum atomic E-state index is 12.3. The molecule has 0 unspecified atom stereocenters. The summed E-state index contributed by atoms with van der Waals surface area (Å²) in [5, 5.41) is 2.87. The highest BCUT2D eigenvalue weighted by molar-refractivity contribution is 6.05. The number of benzene rings is 2. The van der Waals surface area contributed by atoms with E-state index in [9.17, 15) is 4.79 Å². The molecule has 0 aliphatic rings. The second-order valence-electron chi connectivity index (χ2n) is 4.84. The molecule has 0 atom stereocenters. The molecule has 1 N–H and O–H groups in total. The fraction of sp³-hybridized carbons (Fsp3) is 0.235. The Kier molecular flexibility index (Phi) is 4.48. The summed E-state index contributed by atoms with van der Waals surface area (Å²) in [7, 11) is 3.14. The Labute approximate surface area is 124 Å². The number of hydrogen-bond donors (Lipinski definition) is 1. The molecule has 0 saturated carbocycles. The minimum absolute atomic E-state index is 0.139. The van der Waals surface area contributed by atoms with Gasteiger partial charge in [-0.05, 0) is 37.6 Å². The van der Waals surface area contributed by atoms with E-state index in [1.807, 2.05) is 32.0 Å². The van der Waals surface area contributed by atoms with Crippen LogP contribution < -0.4 is 14.8 Å². The first-order chi connectivity index (χ1) is 10.0. The second-order valence-corrected chi connectivity index (χ2v) is 4.84. The monoisotopic (exact) mass is 285 g/mol. The molecule has 21 heavy (non-hydrogen) atoms. The minimum atomic E-state index is -0.139. The van der Waals surface area contributed by atoms with Crippen LogP contribution in [0.15, 0.2) is 36.4 Å². The van der Waals surface area contributed by atoms with E-state index < -0.39 is 0 Å². The summed E-state index contributed by atoms with van der Waals surface area (Å²) in [6.07, 6.45) is 0. The van der Waals surface area contributed by atoms with Gasteiger partial charge in [0.1, 0.15) is 0 Å². The van der Waals surface area contributed by atoms with Crippen molar-refractivity contribution in [3.63, 3.8) is 0 Å². The van der Waals surface area contributed by atoms with E-state index in [0.717, 1.165) is 11.1 Å². The van der Waals surface area contributed by atoms with Crippen LogP contribution in [-0.2, 0) is 0 Å². The van der Waals surface area contributed by atoms with Crippen LogP contribution in [0.2, 0.25) is 0 Å². The predicted octanol–water partition coefficient (Wildman–Crippen LogP) is 3.57. The molecule has 2 rings (SSSR count). The summed E-state index contributed by atoms with van der Waals surface area (Å²) < 4.78 is 10.4. The predicted molar refractivity (Wildman–Crippen MR) is 83.4 cm³/mol. The van der Waals surface area contributed by atoms with E-state index in [1.54, 1.807) is 32.4 Å². The van der Waals surface area contributed by atoms with Crippen LogP contribution in [0, 0.1) is 13.8 Å². The van der Waals surface area contributed by atoms with Crippen LogP contribution in [0.1, 0.15) is 21.5 Å². The molecule has 2 aromatic carbocycles. The third kappa shape index (κ3) is 3.34. The van der Waals surface area contributed by atoms with Crippen LogP contribution in [0.4, 0.5) is 5.69 Å². The summed E-state index contributed by atoms with van der Waals surface area (Å²) in [5.41, 5.74) is 3.41. The largest absolute Gasteiger partial charge is 0.493 e. The average Bonchev–Trinajstić information content (AvgIpc) is 2.46. The van der Waals surface area contributed by atoms with Crippen molar-refractivity contribution in [1.29, 1.82) is 0 Å². The lowest BCUT2D eigenvalue weighted by Crippen LogP contribution is -2.13. The fourth-order valence-electron chi connectivity index (χ4n) is 2.18. The fourth-order valence-corrected chi connectivity index (χ4v) is 2.18. The zero-order valence-electron chi connectivity index (χ0n) is 12.7. The minimum Gasteiger partial charge on any atom is -0.493 e. The lowest BCUT2D eigenvalue weighted by atomic mass is 10.1. The molecule has 0 aliphatic carbocycles. The van der Waals surface area contributed by atoms with Crippen LogP contribution >= 0.6 is 0 Å². The summed E-state index contributed by atoms with van der Waals surface area (Å²) >= 11 is 0. The van der Waals surface area contributed by atoms with Gasteiger partial charge in [0.15, 0.2) is 11.5 Å². The van der Waals surface area contributed by atoms with Crippen molar-refractivity contribution in [2.24, 2.45) is 0 Å². The Balaban J connectivity index is 2.23. The number of anilines is 1. The lowest BCUT2D eigenvalue weighted by molar-refractivity contribution is 0.102. The van der Waals surface area contributed by atoms with Crippen molar-refractivity contribution < 1.29 is 14.3 Å². The quantitative estimate of drug-likeness (QED) is 0.934. The average molecular weight is 285 g/mol. The van der Waals surface area contributed by atoms with Gasteiger partial charge in [-0.25, -0.2) is 0 Å². The van der Waals surface area contributed by atoms with E-state index in [-0.39, 0.29) is 5.91 Å². The smallest absolute Gasteiger partial charge is 0.255 e. The number of methoxy groups -OCH3 is 2. The first kappa shape index (κ1) is 14.9. The summed E-state index contributed by atoms with van der Waals surface area (Å²) in [4.78, 5) is 12.3. The van der Waals surface area contributed by atoms with Gasteiger partial charge >= 0.3 is 0 Å². The van der Waals surface area contributed by atoms with Gasteiger partial charge in [0.05, 0.1) is 14.2 Å². The van der Waals surface area contributed by atoms with E-state index in [4.69, 9.17) is 9.47 Å². The molecule has 0 heterocycles. The van der Waals surface area contributed by atoms with Gasteiger partial charge in [0, 0.05) is 17.3 Å². The number of amides is 1. The highest BCUT2D eigenvalue weighted by Crippen LogP contribution is 2.30. The van der Waals surface area contributed by atoms with Crippen molar-refractivity contribution in [3.05, 3.63) is 53.1 Å². The number of nitrogens with one attached hydrogen (secondary N) is 1. The molecule has 0 fully saturated rings. The Morgan fingerprint density at radius 3 is 2.29 bits per heavy atom. The molecule has 0 radical (unpaired) electrons. The Bertz CT molecular complexity index is 665. The summed E-state index contributed by atoms with van der Waals surface area (Å²) in [6, 6.07) is 11.0. The third-order valence-corrected chi connectivity index (χ3v) is 3.27. The molecule has 0 bridgehead atoms. The Morgan fingerprint density at radius 1 is 0.952 bits per heavy atom. The third-order valence-electron chi connectivity index (χ3n) is 3.27. The molecule has 4 nitrogen and oxygen atoms in total. The molecule has 110 valence electrons. The van der Waals surface area contributed by atoms with Crippen molar-refractivity contribution in [2.75, 3.05) is 19.5 Å². The SMILES string of the molecule is COc1ccc(NC(=O)c2ccc(C)cc2C)cc1OC. The molecule has 0 spiro atoms. The first-order valence-electron chi connectivity index (χ1n) is 6.65. The van der Waals surface area contributed by atoms with Gasteiger partial charge in [0.25, 0.3) is 5.91 Å². The summed E-state index contributed by atoms with van der Waals surface area (Å²) in [6.45, 7) is 3.93. The number of ether oxygens (including phenoxy) is 2. The van der Waals surface area contributed by atoms with Gasteiger partial charge in [0.2, 0.25) is 0 Å². The number of aryl methyl sites for hydroxylation is 2. The van der Waals surface area contributed by atoms with E-state index in [1.165, 1.54) is 0 Å². The summed E-state index contributed by atoms with van der Waals surface area (Å²) in [5.74, 6) is 1.07. The Morgan fingerprint density at radius 2 is 1.67 bits per heavy atom. The maximum Gasteiger partial charge on any atom is 0.255 e. The molecule has 0 saturated heterocycles. The van der Waals surface area contributed by atoms with E-state index in [2.05, 4.69) is 5.32 Å². The van der Waals surface area contributed by atoms with Crippen molar-refractivity contribution in [1.82, 2.24) is 0 Å². The Hall–Kier alpha value is -2.49. The van der Waals surface area contributed by atoms with Crippen LogP contribution in [0.3, 0.4) is 0 Å². The maximum absolute atomic E-state index is 12.3. The van der Waals surface area contributed by atoms with Gasteiger partial charge in [-0.3, -0.25) is 4.79 Å². The molecule has 2 aromatic rings. The van der Waals surface area contributed by atoms with Crippen molar-refractivity contribution in [2.45, 2.75) is 13.8 Å². The highest BCUT2D eigenvalue weighted by Gasteiger charge is 2.11. The topological polar surface area (TPSA) is 47.6 Å². The molecule has 0 aromatic heterocycles. The lowest BCUT2D eigenvalue weighted by Gasteiger charge is -2.11. The van der Waals surface area contributed by atoms with Crippen molar-refractivity contribution in [3.8, 4) is 11.5 Å². The van der Waals surface area contributed by atoms with Gasteiger partial charge in [-0.1, -0.05) is 17.7 Å². The molecule has 4 heteroatoms. The van der Waals surface area contributed by atoms with Crippen LogP contribution in [-0.4, -0.2) is 20.1 Å². The highest BCUT2D eigenvalue weighted by atomic mass is 16.5. The normalized spacial score (nSPS) is 10.1. The number of hydrogen-bond acceptors (Lipinski definition) is 3. The van der Waals surface area contributed by atoms with Gasteiger partial charge in [-0.15, -0.1) is 0 Å².